The molecule has 0 heterocycles. The van der Waals surface area contributed by atoms with Gasteiger partial charge in [-0.1, -0.05) is 31.2 Å². The monoisotopic (exact) mass is 264 g/mol. The lowest BCUT2D eigenvalue weighted by atomic mass is 10.0. The van der Waals surface area contributed by atoms with Gasteiger partial charge in [0.1, 0.15) is 5.82 Å². The highest BCUT2D eigenvalue weighted by molar-refractivity contribution is 6.09. The van der Waals surface area contributed by atoms with Crippen molar-refractivity contribution >= 4 is 5.78 Å². The minimum absolute atomic E-state index is 0.238. The fourth-order valence-corrected chi connectivity index (χ4v) is 1.74. The Morgan fingerprint density at radius 2 is 1.53 bits per heavy atom. The van der Waals surface area contributed by atoms with Crippen molar-refractivity contribution < 1.29 is 18.0 Å². The van der Waals surface area contributed by atoms with Gasteiger partial charge >= 0.3 is 0 Å². The molecule has 19 heavy (non-hydrogen) atoms. The molecular formula is C15H11F3O. The first-order valence-electron chi connectivity index (χ1n) is 5.81. The maximum absolute atomic E-state index is 13.5. The van der Waals surface area contributed by atoms with E-state index in [1.165, 1.54) is 0 Å². The number of carbonyl (C=O) groups excluding carboxylic acids is 1. The molecule has 0 aromatic heterocycles. The SMILES string of the molecule is CCc1ccc(C(=O)c2cc(F)c(F)cc2F)cc1. The lowest BCUT2D eigenvalue weighted by Gasteiger charge is -2.05. The van der Waals surface area contributed by atoms with Gasteiger partial charge in [-0.3, -0.25) is 4.79 Å². The van der Waals surface area contributed by atoms with E-state index in [2.05, 4.69) is 0 Å². The highest BCUT2D eigenvalue weighted by Gasteiger charge is 2.17. The highest BCUT2D eigenvalue weighted by Crippen LogP contribution is 2.18. The molecule has 0 atom stereocenters. The maximum atomic E-state index is 13.5. The molecule has 0 spiro atoms. The number of hydrogen-bond acceptors (Lipinski definition) is 1. The van der Waals surface area contributed by atoms with Crippen molar-refractivity contribution in [2.75, 3.05) is 0 Å². The molecule has 98 valence electrons. The molecule has 0 amide bonds. The molecule has 0 radical (unpaired) electrons. The van der Waals surface area contributed by atoms with Gasteiger partial charge in [-0.2, -0.15) is 0 Å². The van der Waals surface area contributed by atoms with Gasteiger partial charge in [-0.05, 0) is 18.1 Å². The van der Waals surface area contributed by atoms with Crippen LogP contribution in [0.2, 0.25) is 0 Å². The summed E-state index contributed by atoms with van der Waals surface area (Å²) < 4.78 is 39.3. The molecule has 1 nitrogen and oxygen atoms in total. The van der Waals surface area contributed by atoms with Crippen LogP contribution in [0.1, 0.15) is 28.4 Å². The highest BCUT2D eigenvalue weighted by atomic mass is 19.2. The largest absolute Gasteiger partial charge is 0.288 e. The van der Waals surface area contributed by atoms with Gasteiger partial charge in [0.25, 0.3) is 0 Å². The third kappa shape index (κ3) is 2.67. The van der Waals surface area contributed by atoms with Crippen LogP contribution in [0.25, 0.3) is 0 Å². The van der Waals surface area contributed by atoms with E-state index in [1.807, 2.05) is 6.92 Å². The predicted octanol–water partition coefficient (Wildman–Crippen LogP) is 3.90. The second-order valence-electron chi connectivity index (χ2n) is 4.13. The predicted molar refractivity (Wildman–Crippen MR) is 65.6 cm³/mol. The minimum atomic E-state index is -1.31. The lowest BCUT2D eigenvalue weighted by molar-refractivity contribution is 0.103. The van der Waals surface area contributed by atoms with E-state index < -0.39 is 28.8 Å². The first-order valence-corrected chi connectivity index (χ1v) is 5.81. The summed E-state index contributed by atoms with van der Waals surface area (Å²) in [7, 11) is 0. The molecule has 0 aliphatic carbocycles. The Morgan fingerprint density at radius 1 is 0.947 bits per heavy atom. The Kier molecular flexibility index (Phi) is 3.69. The molecule has 4 heteroatoms. The Hall–Kier alpha value is -2.10. The van der Waals surface area contributed by atoms with E-state index in [0.717, 1.165) is 12.0 Å². The molecule has 0 saturated carbocycles. The number of halogens is 3. The van der Waals surface area contributed by atoms with Crippen molar-refractivity contribution in [1.29, 1.82) is 0 Å². The van der Waals surface area contributed by atoms with Gasteiger partial charge in [-0.15, -0.1) is 0 Å². The van der Waals surface area contributed by atoms with Gasteiger partial charge < -0.3 is 0 Å². The standard InChI is InChI=1S/C15H11F3O/c1-2-9-3-5-10(6-4-9)15(19)11-7-13(17)14(18)8-12(11)16/h3-8H,2H2,1H3. The van der Waals surface area contributed by atoms with E-state index in [-0.39, 0.29) is 5.56 Å². The van der Waals surface area contributed by atoms with Gasteiger partial charge in [0, 0.05) is 11.6 Å². The fourth-order valence-electron chi connectivity index (χ4n) is 1.74. The van der Waals surface area contributed by atoms with Crippen LogP contribution in [-0.4, -0.2) is 5.78 Å². The van der Waals surface area contributed by atoms with Crippen LogP contribution in [0, 0.1) is 17.5 Å². The minimum Gasteiger partial charge on any atom is -0.288 e. The zero-order chi connectivity index (χ0) is 14.0. The Balaban J connectivity index is 2.40. The summed E-state index contributed by atoms with van der Waals surface area (Å²) in [5, 5.41) is 0. The normalized spacial score (nSPS) is 10.5. The van der Waals surface area contributed by atoms with Crippen molar-refractivity contribution in [3.63, 3.8) is 0 Å². The van der Waals surface area contributed by atoms with Crippen molar-refractivity contribution in [1.82, 2.24) is 0 Å². The number of carbonyl (C=O) groups is 1. The molecule has 0 saturated heterocycles. The van der Waals surface area contributed by atoms with Crippen LogP contribution in [0.4, 0.5) is 13.2 Å². The van der Waals surface area contributed by atoms with Crippen LogP contribution < -0.4 is 0 Å². The molecular weight excluding hydrogens is 253 g/mol. The first-order chi connectivity index (χ1) is 9.02. The third-order valence-corrected chi connectivity index (χ3v) is 2.88. The zero-order valence-corrected chi connectivity index (χ0v) is 10.2. The Labute approximate surface area is 108 Å². The topological polar surface area (TPSA) is 17.1 Å². The van der Waals surface area contributed by atoms with E-state index in [1.54, 1.807) is 24.3 Å². The summed E-state index contributed by atoms with van der Waals surface area (Å²) in [6.45, 7) is 1.96. The number of ketones is 1. The van der Waals surface area contributed by atoms with Gasteiger partial charge in [0.05, 0.1) is 5.56 Å². The second kappa shape index (κ2) is 5.26. The quantitative estimate of drug-likeness (QED) is 0.607. The molecule has 2 aromatic rings. The zero-order valence-electron chi connectivity index (χ0n) is 10.2. The average Bonchev–Trinajstić information content (AvgIpc) is 2.42. The van der Waals surface area contributed by atoms with Crippen LogP contribution in [0.5, 0.6) is 0 Å². The van der Waals surface area contributed by atoms with Gasteiger partial charge in [0.15, 0.2) is 17.4 Å². The Bertz CT molecular complexity index is 618. The molecule has 0 bridgehead atoms. The van der Waals surface area contributed by atoms with Crippen LogP contribution >= 0.6 is 0 Å². The average molecular weight is 264 g/mol. The summed E-state index contributed by atoms with van der Waals surface area (Å²) in [5.41, 5.74) is 0.799. The van der Waals surface area contributed by atoms with Crippen molar-refractivity contribution in [3.8, 4) is 0 Å². The smallest absolute Gasteiger partial charge is 0.196 e. The van der Waals surface area contributed by atoms with Crippen LogP contribution in [0.15, 0.2) is 36.4 Å². The van der Waals surface area contributed by atoms with Crippen molar-refractivity contribution in [2.24, 2.45) is 0 Å². The summed E-state index contributed by atoms with van der Waals surface area (Å²) >= 11 is 0. The molecule has 0 unspecified atom stereocenters. The summed E-state index contributed by atoms with van der Waals surface area (Å²) in [4.78, 5) is 12.0. The molecule has 2 aromatic carbocycles. The Morgan fingerprint density at radius 3 is 2.11 bits per heavy atom. The fraction of sp³-hybridized carbons (Fsp3) is 0.133. The lowest BCUT2D eigenvalue weighted by Crippen LogP contribution is -2.06. The molecule has 0 N–H and O–H groups in total. The first kappa shape index (κ1) is 13.3. The molecule has 0 aliphatic rings. The number of benzene rings is 2. The molecule has 2 rings (SSSR count). The van der Waals surface area contributed by atoms with Gasteiger partial charge in [-0.25, -0.2) is 13.2 Å². The van der Waals surface area contributed by atoms with Crippen molar-refractivity contribution in [2.45, 2.75) is 13.3 Å². The number of hydrogen-bond donors (Lipinski definition) is 0. The van der Waals surface area contributed by atoms with Crippen LogP contribution in [-0.2, 0) is 6.42 Å². The number of aryl methyl sites for hydroxylation is 1. The third-order valence-electron chi connectivity index (χ3n) is 2.88. The molecule has 0 fully saturated rings. The van der Waals surface area contributed by atoms with E-state index in [9.17, 15) is 18.0 Å². The number of rotatable bonds is 3. The second-order valence-corrected chi connectivity index (χ2v) is 4.13. The maximum Gasteiger partial charge on any atom is 0.196 e. The summed E-state index contributed by atoms with van der Waals surface area (Å²) in [6.07, 6.45) is 0.813. The van der Waals surface area contributed by atoms with E-state index in [4.69, 9.17) is 0 Å². The van der Waals surface area contributed by atoms with Gasteiger partial charge in [0.2, 0.25) is 0 Å². The van der Waals surface area contributed by atoms with E-state index >= 15 is 0 Å². The molecule has 0 aliphatic heterocycles. The summed E-state index contributed by atoms with van der Waals surface area (Å²) in [5.74, 6) is -4.28. The van der Waals surface area contributed by atoms with Crippen molar-refractivity contribution in [3.05, 3.63) is 70.5 Å². The van der Waals surface area contributed by atoms with E-state index in [0.29, 0.717) is 12.1 Å². The summed E-state index contributed by atoms with van der Waals surface area (Å²) in [6, 6.07) is 7.53. The van der Waals surface area contributed by atoms with Crippen LogP contribution in [0.3, 0.4) is 0 Å².